The Morgan fingerprint density at radius 3 is 2.81 bits per heavy atom. The monoisotopic (exact) mass is 250 g/mol. The first-order valence-electron chi connectivity index (χ1n) is 5.60. The molecule has 0 aliphatic carbocycles. The van der Waals surface area contributed by atoms with E-state index in [4.69, 9.17) is 9.84 Å². The number of rotatable bonds is 11. The number of hydrogen-bond acceptors (Lipinski definition) is 4. The molecule has 96 valence electrons. The Bertz CT molecular complexity index is 170. The van der Waals surface area contributed by atoms with Crippen LogP contribution in [0.2, 0.25) is 0 Å². The molecule has 0 spiro atoms. The van der Waals surface area contributed by atoms with Crippen LogP contribution in [0.4, 0.5) is 4.79 Å². The van der Waals surface area contributed by atoms with Gasteiger partial charge in [-0.15, -0.1) is 0 Å². The van der Waals surface area contributed by atoms with E-state index in [2.05, 4.69) is 10.6 Å². The largest absolute Gasteiger partial charge is 0.465 e. The summed E-state index contributed by atoms with van der Waals surface area (Å²) in [6.07, 6.45) is 0.136. The minimum absolute atomic E-state index is 0.465. The maximum atomic E-state index is 10.1. The fraction of sp³-hybridized carbons (Fsp3) is 0.900. The molecule has 3 N–H and O–H groups in total. The third-order valence-electron chi connectivity index (χ3n) is 1.80. The molecule has 0 radical (unpaired) electrons. The molecule has 0 aliphatic rings. The molecule has 16 heavy (non-hydrogen) atoms. The third kappa shape index (κ3) is 13.5. The molecule has 0 rings (SSSR count). The Balaban J connectivity index is 2.90. The molecule has 1 amide bonds. The lowest BCUT2D eigenvalue weighted by atomic mass is 10.4. The summed E-state index contributed by atoms with van der Waals surface area (Å²) in [4.78, 5) is 10.1. The van der Waals surface area contributed by atoms with E-state index in [9.17, 15) is 4.79 Å². The van der Waals surface area contributed by atoms with Crippen molar-refractivity contribution in [3.8, 4) is 0 Å². The summed E-state index contributed by atoms with van der Waals surface area (Å²) in [7, 11) is 0. The Morgan fingerprint density at radius 1 is 1.31 bits per heavy atom. The lowest BCUT2D eigenvalue weighted by molar-refractivity contribution is 0.164. The fourth-order valence-corrected chi connectivity index (χ4v) is 1.83. The van der Waals surface area contributed by atoms with Gasteiger partial charge in [-0.05, 0) is 25.6 Å². The van der Waals surface area contributed by atoms with Crippen molar-refractivity contribution < 1.29 is 14.6 Å². The standard InChI is InChI=1S/C10H22N2O3S/c1-2-15-7-9-16-8-3-4-11-5-6-12-10(13)14/h11-12H,2-9H2,1H3,(H,13,14). The molecule has 0 aliphatic heterocycles. The first kappa shape index (κ1) is 15.5. The predicted octanol–water partition coefficient (Wildman–Crippen LogP) is 1.00. The normalized spacial score (nSPS) is 10.3. The van der Waals surface area contributed by atoms with Gasteiger partial charge >= 0.3 is 6.09 Å². The van der Waals surface area contributed by atoms with E-state index in [1.54, 1.807) is 0 Å². The first-order chi connectivity index (χ1) is 7.77. The summed E-state index contributed by atoms with van der Waals surface area (Å²) in [5.41, 5.74) is 0. The Kier molecular flexibility index (Phi) is 12.2. The minimum atomic E-state index is -0.965. The summed E-state index contributed by atoms with van der Waals surface area (Å²) in [6, 6.07) is 0. The van der Waals surface area contributed by atoms with Crippen LogP contribution in [0.15, 0.2) is 0 Å². The minimum Gasteiger partial charge on any atom is -0.465 e. The number of carboxylic acid groups (broad SMARTS) is 1. The molecule has 0 bridgehead atoms. The number of thioether (sulfide) groups is 1. The topological polar surface area (TPSA) is 70.6 Å². The van der Waals surface area contributed by atoms with Gasteiger partial charge in [0.25, 0.3) is 0 Å². The lowest BCUT2D eigenvalue weighted by Gasteiger charge is -2.04. The van der Waals surface area contributed by atoms with Crippen LogP contribution in [0, 0.1) is 0 Å². The molecule has 0 aromatic rings. The zero-order chi connectivity index (χ0) is 12.1. The van der Waals surface area contributed by atoms with Crippen LogP contribution in [-0.4, -0.2) is 55.6 Å². The van der Waals surface area contributed by atoms with Crippen molar-refractivity contribution in [2.45, 2.75) is 13.3 Å². The van der Waals surface area contributed by atoms with Gasteiger partial charge in [0.2, 0.25) is 0 Å². The Morgan fingerprint density at radius 2 is 2.12 bits per heavy atom. The molecule has 0 saturated heterocycles. The Hall–Kier alpha value is -0.460. The highest BCUT2D eigenvalue weighted by Gasteiger charge is 1.93. The number of hydrogen-bond donors (Lipinski definition) is 3. The highest BCUT2D eigenvalue weighted by Crippen LogP contribution is 2.00. The van der Waals surface area contributed by atoms with Gasteiger partial charge in [0.15, 0.2) is 0 Å². The van der Waals surface area contributed by atoms with Crippen LogP contribution in [0.5, 0.6) is 0 Å². The summed E-state index contributed by atoms with van der Waals surface area (Å²) in [6.45, 7) is 5.71. The average molecular weight is 250 g/mol. The second-order valence-corrected chi connectivity index (χ2v) is 4.37. The second-order valence-electron chi connectivity index (χ2n) is 3.14. The summed E-state index contributed by atoms with van der Waals surface area (Å²) >= 11 is 1.89. The van der Waals surface area contributed by atoms with Crippen molar-refractivity contribution in [3.05, 3.63) is 0 Å². The van der Waals surface area contributed by atoms with Crippen molar-refractivity contribution in [2.24, 2.45) is 0 Å². The van der Waals surface area contributed by atoms with Crippen molar-refractivity contribution in [1.82, 2.24) is 10.6 Å². The molecule has 0 fully saturated rings. The third-order valence-corrected chi connectivity index (χ3v) is 2.83. The first-order valence-corrected chi connectivity index (χ1v) is 6.75. The van der Waals surface area contributed by atoms with E-state index in [1.165, 1.54) is 0 Å². The summed E-state index contributed by atoms with van der Waals surface area (Å²) in [5.74, 6) is 2.17. The van der Waals surface area contributed by atoms with E-state index in [0.29, 0.717) is 13.1 Å². The molecular weight excluding hydrogens is 228 g/mol. The summed E-state index contributed by atoms with van der Waals surface area (Å²) in [5, 5.41) is 13.8. The molecule has 0 aromatic heterocycles. The van der Waals surface area contributed by atoms with E-state index in [-0.39, 0.29) is 0 Å². The van der Waals surface area contributed by atoms with Crippen LogP contribution < -0.4 is 10.6 Å². The maximum Gasteiger partial charge on any atom is 0.404 e. The molecule has 0 saturated carbocycles. The van der Waals surface area contributed by atoms with Crippen LogP contribution in [0.1, 0.15) is 13.3 Å². The quantitative estimate of drug-likeness (QED) is 0.477. The van der Waals surface area contributed by atoms with Gasteiger partial charge in [-0.3, -0.25) is 0 Å². The molecule has 6 heteroatoms. The average Bonchev–Trinajstić information content (AvgIpc) is 2.25. The number of amides is 1. The van der Waals surface area contributed by atoms with Crippen LogP contribution >= 0.6 is 11.8 Å². The zero-order valence-electron chi connectivity index (χ0n) is 9.83. The van der Waals surface area contributed by atoms with E-state index < -0.39 is 6.09 Å². The lowest BCUT2D eigenvalue weighted by Crippen LogP contribution is -2.31. The molecule has 0 heterocycles. The molecular formula is C10H22N2O3S. The van der Waals surface area contributed by atoms with Crippen molar-refractivity contribution in [3.63, 3.8) is 0 Å². The van der Waals surface area contributed by atoms with Gasteiger partial charge in [-0.25, -0.2) is 4.79 Å². The number of carbonyl (C=O) groups is 1. The van der Waals surface area contributed by atoms with Crippen molar-refractivity contribution in [1.29, 1.82) is 0 Å². The van der Waals surface area contributed by atoms with Gasteiger partial charge in [-0.2, -0.15) is 11.8 Å². The van der Waals surface area contributed by atoms with Gasteiger partial charge in [0.05, 0.1) is 6.61 Å². The van der Waals surface area contributed by atoms with Crippen molar-refractivity contribution in [2.75, 3.05) is 44.4 Å². The number of nitrogens with one attached hydrogen (secondary N) is 2. The van der Waals surface area contributed by atoms with Gasteiger partial charge in [0.1, 0.15) is 0 Å². The smallest absolute Gasteiger partial charge is 0.404 e. The van der Waals surface area contributed by atoms with E-state index in [1.807, 2.05) is 18.7 Å². The highest BCUT2D eigenvalue weighted by atomic mass is 32.2. The van der Waals surface area contributed by atoms with Crippen LogP contribution in [0.3, 0.4) is 0 Å². The van der Waals surface area contributed by atoms with Crippen molar-refractivity contribution >= 4 is 17.9 Å². The van der Waals surface area contributed by atoms with Crippen LogP contribution in [0.25, 0.3) is 0 Å². The second kappa shape index (κ2) is 12.6. The molecule has 5 nitrogen and oxygen atoms in total. The highest BCUT2D eigenvalue weighted by molar-refractivity contribution is 7.99. The predicted molar refractivity (Wildman–Crippen MR) is 67.3 cm³/mol. The van der Waals surface area contributed by atoms with Gasteiger partial charge in [-0.1, -0.05) is 0 Å². The Labute approximate surface area is 101 Å². The maximum absolute atomic E-state index is 10.1. The SMILES string of the molecule is CCOCCSCCCNCCNC(=O)O. The zero-order valence-corrected chi connectivity index (χ0v) is 10.6. The van der Waals surface area contributed by atoms with Crippen LogP contribution in [-0.2, 0) is 4.74 Å². The van der Waals surface area contributed by atoms with E-state index in [0.717, 1.165) is 37.7 Å². The van der Waals surface area contributed by atoms with Gasteiger partial charge < -0.3 is 20.5 Å². The molecule has 0 atom stereocenters. The van der Waals surface area contributed by atoms with E-state index >= 15 is 0 Å². The summed E-state index contributed by atoms with van der Waals surface area (Å²) < 4.78 is 5.22. The number of ether oxygens (including phenoxy) is 1. The molecule has 0 unspecified atom stereocenters. The fourth-order valence-electron chi connectivity index (χ4n) is 1.05. The van der Waals surface area contributed by atoms with Gasteiger partial charge in [0, 0.05) is 25.4 Å². The molecule has 0 aromatic carbocycles.